The molecule has 1 aromatic heterocycles. The highest BCUT2D eigenvalue weighted by Gasteiger charge is 2.05. The molecule has 1 heterocycles. The molecule has 0 saturated heterocycles. The van der Waals surface area contributed by atoms with E-state index in [2.05, 4.69) is 46.8 Å². The number of benzene rings is 1. The average molecular weight is 288 g/mol. The van der Waals surface area contributed by atoms with Crippen molar-refractivity contribution in [1.29, 1.82) is 0 Å². The molecular formula is C16H24N4O. The average Bonchev–Trinajstić information content (AvgIpc) is 2.94. The summed E-state index contributed by atoms with van der Waals surface area (Å²) in [6, 6.07) is 8.80. The number of rotatable bonds is 9. The number of nitrogens with one attached hydrogen (secondary N) is 2. The monoisotopic (exact) mass is 288 g/mol. The van der Waals surface area contributed by atoms with Gasteiger partial charge in [-0.15, -0.1) is 5.10 Å². The molecule has 0 atom stereocenters. The highest BCUT2D eigenvalue weighted by atomic mass is 16.4. The normalized spacial score (nSPS) is 10.8. The van der Waals surface area contributed by atoms with Crippen molar-refractivity contribution in [2.75, 3.05) is 11.9 Å². The topological polar surface area (TPSA) is 63.0 Å². The Morgan fingerprint density at radius 3 is 2.57 bits per heavy atom. The fraction of sp³-hybridized carbons (Fsp3) is 0.500. The lowest BCUT2D eigenvalue weighted by atomic mass is 10.1. The van der Waals surface area contributed by atoms with Crippen LogP contribution >= 0.6 is 0 Å². The van der Waals surface area contributed by atoms with Gasteiger partial charge in [-0.2, -0.15) is 0 Å². The van der Waals surface area contributed by atoms with Crippen LogP contribution in [0.2, 0.25) is 0 Å². The van der Waals surface area contributed by atoms with Gasteiger partial charge < -0.3 is 15.1 Å². The third kappa shape index (κ3) is 5.19. The molecule has 2 rings (SSSR count). The van der Waals surface area contributed by atoms with Crippen LogP contribution in [-0.4, -0.2) is 16.7 Å². The Hall–Kier alpha value is -1.88. The standard InChI is InChI=1S/C16H24N4O/c1-3-5-6-13-7-9-14(10-8-13)18-16-20-19-15(21-16)12-17-11-4-2/h7-10,17H,3-6,11-12H2,1-2H3,(H,18,20). The van der Waals surface area contributed by atoms with Crippen LogP contribution in [0, 0.1) is 0 Å². The molecule has 0 aliphatic carbocycles. The molecule has 0 amide bonds. The summed E-state index contributed by atoms with van der Waals surface area (Å²) in [6.07, 6.45) is 4.66. The molecule has 0 spiro atoms. The first-order valence-electron chi connectivity index (χ1n) is 7.71. The second kappa shape index (κ2) is 8.42. The Balaban J connectivity index is 1.86. The van der Waals surface area contributed by atoms with Crippen LogP contribution in [0.1, 0.15) is 44.6 Å². The van der Waals surface area contributed by atoms with E-state index in [1.54, 1.807) is 0 Å². The maximum atomic E-state index is 5.53. The fourth-order valence-corrected chi connectivity index (χ4v) is 2.01. The molecule has 114 valence electrons. The SMILES string of the molecule is CCCCc1ccc(Nc2nnc(CNCCC)o2)cc1. The molecule has 5 nitrogen and oxygen atoms in total. The molecule has 1 aromatic carbocycles. The first-order chi connectivity index (χ1) is 10.3. The lowest BCUT2D eigenvalue weighted by Gasteiger charge is -2.03. The highest BCUT2D eigenvalue weighted by Crippen LogP contribution is 2.16. The summed E-state index contributed by atoms with van der Waals surface area (Å²) in [4.78, 5) is 0. The highest BCUT2D eigenvalue weighted by molar-refractivity contribution is 5.52. The first-order valence-corrected chi connectivity index (χ1v) is 7.71. The molecule has 2 aromatic rings. The van der Waals surface area contributed by atoms with Crippen molar-refractivity contribution < 1.29 is 4.42 Å². The summed E-state index contributed by atoms with van der Waals surface area (Å²) in [5, 5.41) is 14.4. The van der Waals surface area contributed by atoms with Gasteiger partial charge in [-0.3, -0.25) is 0 Å². The van der Waals surface area contributed by atoms with Crippen LogP contribution in [0.5, 0.6) is 0 Å². The van der Waals surface area contributed by atoms with Gasteiger partial charge in [0, 0.05) is 5.69 Å². The zero-order valence-electron chi connectivity index (χ0n) is 12.9. The summed E-state index contributed by atoms with van der Waals surface area (Å²) in [6.45, 7) is 5.89. The summed E-state index contributed by atoms with van der Waals surface area (Å²) in [5.74, 6) is 0.602. The Labute approximate surface area is 126 Å². The number of nitrogens with zero attached hydrogens (tertiary/aromatic N) is 2. The van der Waals surface area contributed by atoms with Crippen molar-refractivity contribution in [3.63, 3.8) is 0 Å². The largest absolute Gasteiger partial charge is 0.406 e. The lowest BCUT2D eigenvalue weighted by molar-refractivity contribution is 0.479. The number of anilines is 2. The third-order valence-electron chi connectivity index (χ3n) is 3.19. The van der Waals surface area contributed by atoms with E-state index in [1.807, 2.05) is 12.1 Å². The molecule has 0 bridgehead atoms. The molecule has 21 heavy (non-hydrogen) atoms. The molecule has 5 heteroatoms. The Kier molecular flexibility index (Phi) is 6.22. The zero-order chi connectivity index (χ0) is 14.9. The summed E-state index contributed by atoms with van der Waals surface area (Å²) in [7, 11) is 0. The first kappa shape index (κ1) is 15.5. The van der Waals surface area contributed by atoms with Gasteiger partial charge in [0.25, 0.3) is 0 Å². The predicted octanol–water partition coefficient (Wildman–Crippen LogP) is 3.66. The van der Waals surface area contributed by atoms with E-state index >= 15 is 0 Å². The van der Waals surface area contributed by atoms with Crippen molar-refractivity contribution in [3.8, 4) is 0 Å². The van der Waals surface area contributed by atoms with Crippen LogP contribution in [0.3, 0.4) is 0 Å². The number of aromatic nitrogens is 2. The van der Waals surface area contributed by atoms with E-state index in [1.165, 1.54) is 18.4 Å². The van der Waals surface area contributed by atoms with Crippen molar-refractivity contribution in [3.05, 3.63) is 35.7 Å². The van der Waals surface area contributed by atoms with Gasteiger partial charge >= 0.3 is 6.01 Å². The molecule has 0 fully saturated rings. The maximum Gasteiger partial charge on any atom is 0.320 e. The summed E-state index contributed by atoms with van der Waals surface area (Å²) >= 11 is 0. The molecular weight excluding hydrogens is 264 g/mol. The Morgan fingerprint density at radius 1 is 1.05 bits per heavy atom. The Morgan fingerprint density at radius 2 is 1.86 bits per heavy atom. The molecule has 2 N–H and O–H groups in total. The second-order valence-electron chi connectivity index (χ2n) is 5.10. The minimum atomic E-state index is 0.435. The molecule has 0 aliphatic heterocycles. The second-order valence-corrected chi connectivity index (χ2v) is 5.10. The third-order valence-corrected chi connectivity index (χ3v) is 3.19. The maximum absolute atomic E-state index is 5.53. The van der Waals surface area contributed by atoms with Crippen LogP contribution in [-0.2, 0) is 13.0 Å². The van der Waals surface area contributed by atoms with E-state index in [9.17, 15) is 0 Å². The fourth-order valence-electron chi connectivity index (χ4n) is 2.01. The molecule has 0 aliphatic rings. The van der Waals surface area contributed by atoms with E-state index in [-0.39, 0.29) is 0 Å². The van der Waals surface area contributed by atoms with E-state index in [0.29, 0.717) is 18.5 Å². The van der Waals surface area contributed by atoms with Gasteiger partial charge in [0.2, 0.25) is 5.89 Å². The van der Waals surface area contributed by atoms with Gasteiger partial charge in [-0.05, 0) is 43.5 Å². The minimum Gasteiger partial charge on any atom is -0.406 e. The Bertz CT molecular complexity index is 521. The van der Waals surface area contributed by atoms with E-state index < -0.39 is 0 Å². The smallest absolute Gasteiger partial charge is 0.320 e. The van der Waals surface area contributed by atoms with Gasteiger partial charge in [0.15, 0.2) is 0 Å². The lowest BCUT2D eigenvalue weighted by Crippen LogP contribution is -2.13. The molecule has 0 saturated carbocycles. The molecule has 0 radical (unpaired) electrons. The van der Waals surface area contributed by atoms with Gasteiger partial charge in [-0.25, -0.2) is 0 Å². The van der Waals surface area contributed by atoms with Crippen molar-refractivity contribution in [1.82, 2.24) is 15.5 Å². The number of aryl methyl sites for hydroxylation is 1. The van der Waals surface area contributed by atoms with Crippen LogP contribution in [0.4, 0.5) is 11.7 Å². The van der Waals surface area contributed by atoms with Crippen LogP contribution in [0.25, 0.3) is 0 Å². The van der Waals surface area contributed by atoms with Crippen molar-refractivity contribution in [2.24, 2.45) is 0 Å². The van der Waals surface area contributed by atoms with E-state index in [0.717, 1.165) is 25.1 Å². The zero-order valence-corrected chi connectivity index (χ0v) is 12.9. The summed E-state index contributed by atoms with van der Waals surface area (Å²) in [5.41, 5.74) is 2.32. The quantitative estimate of drug-likeness (QED) is 0.689. The van der Waals surface area contributed by atoms with Crippen molar-refractivity contribution in [2.45, 2.75) is 46.1 Å². The number of hydrogen-bond acceptors (Lipinski definition) is 5. The number of unbranched alkanes of at least 4 members (excludes halogenated alkanes) is 1. The predicted molar refractivity (Wildman–Crippen MR) is 84.6 cm³/mol. The minimum absolute atomic E-state index is 0.435. The van der Waals surface area contributed by atoms with E-state index in [4.69, 9.17) is 4.42 Å². The van der Waals surface area contributed by atoms with Gasteiger partial charge in [0.1, 0.15) is 0 Å². The van der Waals surface area contributed by atoms with Crippen molar-refractivity contribution >= 4 is 11.7 Å². The van der Waals surface area contributed by atoms with Crippen LogP contribution < -0.4 is 10.6 Å². The molecule has 0 unspecified atom stereocenters. The van der Waals surface area contributed by atoms with Crippen LogP contribution in [0.15, 0.2) is 28.7 Å². The van der Waals surface area contributed by atoms with Gasteiger partial charge in [0.05, 0.1) is 6.54 Å². The number of hydrogen-bond donors (Lipinski definition) is 2. The summed E-state index contributed by atoms with van der Waals surface area (Å²) < 4.78 is 5.53. The van der Waals surface area contributed by atoms with Gasteiger partial charge in [-0.1, -0.05) is 37.5 Å².